The minimum Gasteiger partial charge on any atom is -0.469 e. The molecule has 5 rings (SSSR count). The first-order valence-corrected chi connectivity index (χ1v) is 20.7. The van der Waals surface area contributed by atoms with Crippen molar-refractivity contribution in [2.24, 2.45) is 59.2 Å². The molecule has 5 saturated carbocycles. The summed E-state index contributed by atoms with van der Waals surface area (Å²) in [6.45, 7) is 16.6. The quantitative estimate of drug-likeness (QED) is 0.216. The van der Waals surface area contributed by atoms with Gasteiger partial charge in [0.05, 0.1) is 26.1 Å². The third-order valence-electron chi connectivity index (χ3n) is 14.7. The molecule has 6 nitrogen and oxygen atoms in total. The summed E-state index contributed by atoms with van der Waals surface area (Å²) >= 11 is 0. The molecule has 0 heterocycles. The molecule has 0 N–H and O–H groups in total. The molecule has 5 fully saturated rings. The Morgan fingerprint density at radius 2 is 0.792 bits per heavy atom. The fraction of sp³-hybridized carbons (Fsp3) is 0.952. The van der Waals surface area contributed by atoms with Gasteiger partial charge in [0, 0.05) is 37.3 Å². The number of carbonyl (C=O) groups is 2. The van der Waals surface area contributed by atoms with Crippen molar-refractivity contribution in [3.05, 3.63) is 0 Å². The van der Waals surface area contributed by atoms with Crippen molar-refractivity contribution < 1.29 is 19.1 Å². The van der Waals surface area contributed by atoms with Crippen LogP contribution in [0.5, 0.6) is 0 Å². The van der Waals surface area contributed by atoms with Gasteiger partial charge >= 0.3 is 11.9 Å². The summed E-state index contributed by atoms with van der Waals surface area (Å²) in [4.78, 5) is 33.8. The van der Waals surface area contributed by atoms with Crippen LogP contribution in [-0.2, 0) is 19.1 Å². The molecular formula is C42H74N2O4. The van der Waals surface area contributed by atoms with E-state index in [2.05, 4.69) is 51.3 Å². The molecule has 0 bridgehead atoms. The largest absolute Gasteiger partial charge is 0.469 e. The first-order chi connectivity index (χ1) is 23.0. The molecule has 0 aliphatic heterocycles. The Morgan fingerprint density at radius 1 is 0.458 bits per heavy atom. The van der Waals surface area contributed by atoms with E-state index < -0.39 is 0 Å². The van der Waals surface area contributed by atoms with Gasteiger partial charge in [0.25, 0.3) is 0 Å². The maximum absolute atomic E-state index is 14.1. The lowest BCUT2D eigenvalue weighted by atomic mass is 9.69. The molecule has 5 aliphatic rings. The summed E-state index contributed by atoms with van der Waals surface area (Å²) < 4.78 is 11.4. The SMILES string of the molecule is COC(=O)C1CC(N(CC2CCC(C)CC2)C2CC(C)CCC2C)C(C(=O)OC)CC1N(CC1CCC(C)CC1)C1CC(C)CCC1C. The summed E-state index contributed by atoms with van der Waals surface area (Å²) in [6.07, 6.45) is 19.2. The molecule has 276 valence electrons. The van der Waals surface area contributed by atoms with Gasteiger partial charge in [-0.25, -0.2) is 0 Å². The average Bonchev–Trinajstić information content (AvgIpc) is 3.09. The van der Waals surface area contributed by atoms with Gasteiger partial charge in [0.1, 0.15) is 0 Å². The van der Waals surface area contributed by atoms with E-state index in [0.29, 0.717) is 60.4 Å². The van der Waals surface area contributed by atoms with E-state index >= 15 is 0 Å². The summed E-state index contributed by atoms with van der Waals surface area (Å²) in [5.41, 5.74) is 0. The van der Waals surface area contributed by atoms with Crippen LogP contribution in [0.25, 0.3) is 0 Å². The van der Waals surface area contributed by atoms with E-state index in [4.69, 9.17) is 9.47 Å². The Morgan fingerprint density at radius 3 is 1.12 bits per heavy atom. The highest BCUT2D eigenvalue weighted by atomic mass is 16.5. The van der Waals surface area contributed by atoms with Gasteiger partial charge in [-0.15, -0.1) is 0 Å². The number of hydrogen-bond acceptors (Lipinski definition) is 6. The highest BCUT2D eigenvalue weighted by molar-refractivity contribution is 5.77. The van der Waals surface area contributed by atoms with Gasteiger partial charge in [-0.3, -0.25) is 19.4 Å². The molecule has 48 heavy (non-hydrogen) atoms. The fourth-order valence-corrected chi connectivity index (χ4v) is 11.3. The van der Waals surface area contributed by atoms with Crippen LogP contribution >= 0.6 is 0 Å². The molecule has 0 aromatic carbocycles. The van der Waals surface area contributed by atoms with Crippen LogP contribution < -0.4 is 0 Å². The van der Waals surface area contributed by atoms with Crippen LogP contribution in [-0.4, -0.2) is 73.2 Å². The molecular weight excluding hydrogens is 596 g/mol. The number of carbonyl (C=O) groups excluding carboxylic acids is 2. The van der Waals surface area contributed by atoms with E-state index in [1.807, 2.05) is 0 Å². The predicted octanol–water partition coefficient (Wildman–Crippen LogP) is 9.00. The number of nitrogens with zero attached hydrogens (tertiary/aromatic N) is 2. The van der Waals surface area contributed by atoms with Crippen LogP contribution in [0.2, 0.25) is 0 Å². The van der Waals surface area contributed by atoms with Crippen molar-refractivity contribution in [3.63, 3.8) is 0 Å². The lowest BCUT2D eigenvalue weighted by Crippen LogP contribution is -2.63. The topological polar surface area (TPSA) is 59.1 Å². The van der Waals surface area contributed by atoms with E-state index in [1.165, 1.54) is 89.9 Å². The molecule has 0 spiro atoms. The minimum atomic E-state index is -0.224. The Hall–Kier alpha value is -1.14. The number of esters is 2. The van der Waals surface area contributed by atoms with Crippen molar-refractivity contribution in [1.82, 2.24) is 9.80 Å². The van der Waals surface area contributed by atoms with Gasteiger partial charge < -0.3 is 9.47 Å². The highest BCUT2D eigenvalue weighted by Gasteiger charge is 2.52. The van der Waals surface area contributed by atoms with Gasteiger partial charge in [0.15, 0.2) is 0 Å². The van der Waals surface area contributed by atoms with E-state index in [1.54, 1.807) is 14.2 Å². The van der Waals surface area contributed by atoms with E-state index in [-0.39, 0.29) is 35.9 Å². The number of methoxy groups -OCH3 is 2. The Kier molecular flexibility index (Phi) is 13.8. The fourth-order valence-electron chi connectivity index (χ4n) is 11.3. The summed E-state index contributed by atoms with van der Waals surface area (Å²) in [6, 6.07) is 0.907. The maximum Gasteiger partial charge on any atom is 0.310 e. The minimum absolute atomic E-state index is 0.00924. The second-order valence-corrected chi connectivity index (χ2v) is 18.4. The Labute approximate surface area is 295 Å². The predicted molar refractivity (Wildman–Crippen MR) is 195 cm³/mol. The van der Waals surface area contributed by atoms with Gasteiger partial charge in [-0.05, 0) is 112 Å². The summed E-state index contributed by atoms with van der Waals surface area (Å²) in [5.74, 6) is 4.92. The molecule has 0 amide bonds. The monoisotopic (exact) mass is 671 g/mol. The molecule has 0 aromatic heterocycles. The zero-order chi connectivity index (χ0) is 34.5. The second kappa shape index (κ2) is 17.4. The third kappa shape index (κ3) is 9.20. The lowest BCUT2D eigenvalue weighted by Gasteiger charge is -2.54. The van der Waals surface area contributed by atoms with Crippen LogP contribution in [0.15, 0.2) is 0 Å². The zero-order valence-corrected chi connectivity index (χ0v) is 32.3. The molecule has 5 aliphatic carbocycles. The second-order valence-electron chi connectivity index (χ2n) is 18.4. The van der Waals surface area contributed by atoms with E-state index in [9.17, 15) is 9.59 Å². The van der Waals surface area contributed by atoms with Crippen LogP contribution in [0.3, 0.4) is 0 Å². The van der Waals surface area contributed by atoms with Crippen LogP contribution in [0, 0.1) is 59.2 Å². The Balaban J connectivity index is 1.51. The standard InChI is InChI=1S/C42H74N2O4/c1-27-11-17-33(18-12-27)25-43(37-21-29(3)9-15-31(37)5)39-23-36(42(46)48-8)40(24-35(39)41(45)47-7)44(26-34-19-13-28(2)14-20-34)38-22-30(4)10-16-32(38)6/h27-40H,9-26H2,1-8H3. The van der Waals surface area contributed by atoms with Crippen molar-refractivity contribution in [3.8, 4) is 0 Å². The normalized spacial score (nSPS) is 42.8. The first-order valence-electron chi connectivity index (χ1n) is 20.7. The van der Waals surface area contributed by atoms with Gasteiger partial charge in [-0.2, -0.15) is 0 Å². The van der Waals surface area contributed by atoms with Crippen molar-refractivity contribution in [2.75, 3.05) is 27.3 Å². The van der Waals surface area contributed by atoms with Crippen molar-refractivity contribution in [1.29, 1.82) is 0 Å². The first kappa shape index (κ1) is 38.1. The summed E-state index contributed by atoms with van der Waals surface area (Å²) in [7, 11) is 3.18. The molecule has 0 radical (unpaired) electrons. The number of hydrogen-bond donors (Lipinski definition) is 0. The van der Waals surface area contributed by atoms with Crippen molar-refractivity contribution >= 4 is 11.9 Å². The summed E-state index contributed by atoms with van der Waals surface area (Å²) in [5, 5.41) is 0. The smallest absolute Gasteiger partial charge is 0.310 e. The number of ether oxygens (including phenoxy) is 2. The van der Waals surface area contributed by atoms with Gasteiger partial charge in [-0.1, -0.05) is 80.1 Å². The lowest BCUT2D eigenvalue weighted by molar-refractivity contribution is -0.164. The van der Waals surface area contributed by atoms with E-state index in [0.717, 1.165) is 24.9 Å². The van der Waals surface area contributed by atoms with Crippen LogP contribution in [0.1, 0.15) is 144 Å². The van der Waals surface area contributed by atoms with Crippen molar-refractivity contribution in [2.45, 2.75) is 168 Å². The van der Waals surface area contributed by atoms with Crippen LogP contribution in [0.4, 0.5) is 0 Å². The average molecular weight is 671 g/mol. The molecule has 0 aromatic rings. The number of rotatable bonds is 10. The maximum atomic E-state index is 14.1. The molecule has 6 heteroatoms. The third-order valence-corrected chi connectivity index (χ3v) is 14.7. The Bertz CT molecular complexity index is 939. The zero-order valence-electron chi connectivity index (χ0n) is 32.3. The van der Waals surface area contributed by atoms with Gasteiger partial charge in [0.2, 0.25) is 0 Å². The molecule has 10 atom stereocenters. The highest BCUT2D eigenvalue weighted by Crippen LogP contribution is 2.45. The molecule has 10 unspecified atom stereocenters. The molecule has 0 saturated heterocycles.